The summed E-state index contributed by atoms with van der Waals surface area (Å²) in [4.78, 5) is 122. The largest absolute Gasteiger partial charge is 0.508 e. The Bertz CT molecular complexity index is 4100. The molecule has 0 aliphatic carbocycles. The predicted octanol–water partition coefficient (Wildman–Crippen LogP) is 10.2. The van der Waals surface area contributed by atoms with Gasteiger partial charge in [-0.25, -0.2) is 19.9 Å². The number of hydrogen-bond acceptors (Lipinski definition) is 22. The van der Waals surface area contributed by atoms with Crippen molar-refractivity contribution in [1.29, 1.82) is 10.5 Å². The first-order valence-electron chi connectivity index (χ1n) is 32.4. The highest BCUT2D eigenvalue weighted by Crippen LogP contribution is 2.38. The zero-order valence-electron chi connectivity index (χ0n) is 57.1. The van der Waals surface area contributed by atoms with Gasteiger partial charge in [0, 0.05) is 78.0 Å². The fraction of sp³-hybridized carbons (Fsp3) is 0.329. The highest BCUT2D eigenvalue weighted by molar-refractivity contribution is 9.09. The van der Waals surface area contributed by atoms with Crippen molar-refractivity contribution in [1.82, 2.24) is 19.9 Å². The lowest BCUT2D eigenvalue weighted by Crippen LogP contribution is -2.39. The van der Waals surface area contributed by atoms with Gasteiger partial charge in [-0.1, -0.05) is 70.0 Å². The molecule has 27 nitrogen and oxygen atoms in total. The van der Waals surface area contributed by atoms with E-state index in [-0.39, 0.29) is 110 Å². The molecule has 12 rings (SSSR count). The number of nitriles is 2. The number of anilines is 5. The Balaban J connectivity index is 0.000000194. The standard InChI is InChI=1S/C18H16N4O4.C14H17NO3.C13H15NO4.C10H11NO.C9H9NO2.C5H2ClN3.C4H7BrO2/c1-2-25-18(24)10-22-14-4-3-5-15(13(14)6-7-17(22)23)26-16-8-12(9-19)20-11-21-16;1-3-18-14(17)9-15-12-6-4-5-10(2)11(12)7-8-13(15)16;1-2-18-13(17)8-14-10-4-3-5-11(15)9(10)6-7-12(14)16;1-7-3-2-4-9-8(7)5-6-10(12)11-9;11-8-3-1-2-7-6(8)4-5-9(12)10-7;6-5-1-4(2-7)8-3-9-5;1-2-7-4(6)3-5/h3-5,8,11H,2,6-7,10H2,1H3;4-6H,3,7-9H2,1-2H3;3-5,15H,2,6-8H2,1H3;2-4H,5-6H2,1H3,(H,11,12);1-3,11H,4-5H2,(H,10,12);1,3H;2-3H2,1H3. The number of phenols is 2. The smallest absolute Gasteiger partial charge is 0.326 e. The lowest BCUT2D eigenvalue weighted by atomic mass is 9.97. The summed E-state index contributed by atoms with van der Waals surface area (Å²) in [5, 5.41) is 42.5. The number of fused-ring (bicyclic) bond motifs is 5. The van der Waals surface area contributed by atoms with Crippen LogP contribution in [-0.4, -0.2) is 135 Å². The summed E-state index contributed by atoms with van der Waals surface area (Å²) in [5.41, 5.74) is 11.5. The predicted molar refractivity (Wildman–Crippen MR) is 380 cm³/mol. The van der Waals surface area contributed by atoms with Gasteiger partial charge in [-0.3, -0.25) is 43.2 Å². The molecule has 0 saturated heterocycles. The summed E-state index contributed by atoms with van der Waals surface area (Å²) >= 11 is 8.36. The minimum Gasteiger partial charge on any atom is -0.508 e. The minimum absolute atomic E-state index is 0.00310. The normalized spacial score (nSPS) is 13.2. The zero-order chi connectivity index (χ0) is 74.3. The first-order valence-corrected chi connectivity index (χ1v) is 33.9. The maximum Gasteiger partial charge on any atom is 0.326 e. The fourth-order valence-electron chi connectivity index (χ4n) is 10.7. The number of amides is 5. The van der Waals surface area contributed by atoms with E-state index in [9.17, 15) is 53.4 Å². The third kappa shape index (κ3) is 23.7. The Kier molecular flexibility index (Phi) is 31.7. The molecule has 0 spiro atoms. The molecule has 7 heterocycles. The molecule has 4 N–H and O–H groups in total. The summed E-state index contributed by atoms with van der Waals surface area (Å²) < 4.78 is 25.0. The number of phenolic OH excluding ortho intramolecular Hbond substituents is 2. The van der Waals surface area contributed by atoms with Gasteiger partial charge in [0.2, 0.25) is 35.4 Å². The number of esters is 4. The van der Waals surface area contributed by atoms with E-state index in [1.165, 1.54) is 50.6 Å². The van der Waals surface area contributed by atoms with Gasteiger partial charge in [-0.05, 0) is 144 Å². The number of rotatable bonds is 13. The van der Waals surface area contributed by atoms with Crippen molar-refractivity contribution in [2.45, 2.75) is 106 Å². The number of carbonyl (C=O) groups is 9. The number of alkyl halides is 1. The van der Waals surface area contributed by atoms with Crippen molar-refractivity contribution < 1.29 is 77.0 Å². The van der Waals surface area contributed by atoms with Crippen LogP contribution in [0.1, 0.15) is 110 Å². The van der Waals surface area contributed by atoms with Crippen molar-refractivity contribution in [3.63, 3.8) is 0 Å². The van der Waals surface area contributed by atoms with Gasteiger partial charge >= 0.3 is 23.9 Å². The van der Waals surface area contributed by atoms with Crippen LogP contribution >= 0.6 is 27.5 Å². The molecule has 5 aliphatic heterocycles. The molecular formula is C73H77BrClN11O16. The summed E-state index contributed by atoms with van der Waals surface area (Å²) in [7, 11) is 0. The molecule has 0 fully saturated rings. The van der Waals surface area contributed by atoms with E-state index in [2.05, 4.69) is 64.2 Å². The third-order valence-corrected chi connectivity index (χ3v) is 16.1. The Morgan fingerprint density at radius 2 is 0.882 bits per heavy atom. The molecule has 29 heteroatoms. The van der Waals surface area contributed by atoms with Crippen LogP contribution in [0.25, 0.3) is 0 Å². The van der Waals surface area contributed by atoms with Crippen LogP contribution in [0.15, 0.2) is 116 Å². The number of benzene rings is 5. The number of nitrogens with one attached hydrogen (secondary N) is 2. The Morgan fingerprint density at radius 1 is 0.490 bits per heavy atom. The second-order valence-corrected chi connectivity index (χ2v) is 23.1. The van der Waals surface area contributed by atoms with E-state index in [0.29, 0.717) is 91.3 Å². The van der Waals surface area contributed by atoms with Crippen LogP contribution < -0.4 is 30.1 Å². The molecule has 0 bridgehead atoms. The molecule has 102 heavy (non-hydrogen) atoms. The van der Waals surface area contributed by atoms with E-state index < -0.39 is 11.9 Å². The Hall–Kier alpha value is -11.4. The van der Waals surface area contributed by atoms with Crippen LogP contribution in [0, 0.1) is 36.5 Å². The second kappa shape index (κ2) is 40.6. The number of aromatic nitrogens is 4. The fourth-order valence-corrected chi connectivity index (χ4v) is 11.0. The topological polar surface area (TPSA) is 373 Å². The maximum atomic E-state index is 12.3. The van der Waals surface area contributed by atoms with Gasteiger partial charge in [0.25, 0.3) is 0 Å². The van der Waals surface area contributed by atoms with Crippen LogP contribution in [0.4, 0.5) is 28.4 Å². The van der Waals surface area contributed by atoms with E-state index in [4.69, 9.17) is 41.1 Å². The van der Waals surface area contributed by atoms with E-state index in [1.807, 2.05) is 49.4 Å². The molecule has 0 saturated carbocycles. The molecule has 7 aromatic rings. The van der Waals surface area contributed by atoms with E-state index in [1.54, 1.807) is 82.3 Å². The van der Waals surface area contributed by atoms with Gasteiger partial charge in [0.15, 0.2) is 0 Å². The first kappa shape index (κ1) is 79.6. The molecule has 2 aromatic heterocycles. The van der Waals surface area contributed by atoms with Gasteiger partial charge in [-0.2, -0.15) is 10.5 Å². The second-order valence-electron chi connectivity index (χ2n) is 22.2. The van der Waals surface area contributed by atoms with E-state index in [0.717, 1.165) is 52.2 Å². The molecule has 5 amide bonds. The highest BCUT2D eigenvalue weighted by atomic mass is 79.9. The lowest BCUT2D eigenvalue weighted by Gasteiger charge is -2.29. The number of aryl methyl sites for hydroxylation is 2. The SMILES string of the molecule is CCOC(=O)CBr.CCOC(=O)CN1C(=O)CCc2c(C)cccc21.CCOC(=O)CN1C(=O)CCc2c(O)cccc21.CCOC(=O)CN1C(=O)CCc2c(Oc3cc(C#N)ncn3)cccc21.Cc1cccc2c1CCC(=O)N2.N#Cc1cc(Cl)ncn1.O=C1CCc2c(O)cccc2N1. The monoisotopic (exact) mass is 1480 g/mol. The molecule has 0 atom stereocenters. The summed E-state index contributed by atoms with van der Waals surface area (Å²) in [5.74, 6) is -0.411. The summed E-state index contributed by atoms with van der Waals surface area (Å²) in [6, 6.07) is 33.8. The van der Waals surface area contributed by atoms with Crippen LogP contribution in [0.3, 0.4) is 0 Å². The quantitative estimate of drug-likeness (QED) is 0.0361. The van der Waals surface area contributed by atoms with Crippen molar-refractivity contribution in [3.05, 3.63) is 171 Å². The van der Waals surface area contributed by atoms with Crippen LogP contribution in [0.5, 0.6) is 23.1 Å². The molecule has 0 unspecified atom stereocenters. The Morgan fingerprint density at radius 3 is 1.37 bits per heavy atom. The van der Waals surface area contributed by atoms with Gasteiger partial charge < -0.3 is 59.2 Å². The molecule has 5 aromatic carbocycles. The lowest BCUT2D eigenvalue weighted by molar-refractivity contribution is -0.143. The van der Waals surface area contributed by atoms with Crippen molar-refractivity contribution in [3.8, 4) is 35.3 Å². The average Bonchev–Trinajstić information content (AvgIpc) is 0.808. The molecule has 5 aliphatic rings. The number of aromatic hydroxyl groups is 2. The van der Waals surface area contributed by atoms with Gasteiger partial charge in [-0.15, -0.1) is 0 Å². The molecule has 534 valence electrons. The van der Waals surface area contributed by atoms with Crippen molar-refractivity contribution in [2.75, 3.05) is 76.7 Å². The van der Waals surface area contributed by atoms with Crippen LogP contribution in [0.2, 0.25) is 5.15 Å². The van der Waals surface area contributed by atoms with Crippen molar-refractivity contribution in [2.24, 2.45) is 0 Å². The zero-order valence-corrected chi connectivity index (χ0v) is 59.4. The number of carbonyl (C=O) groups excluding carboxylic acids is 9. The summed E-state index contributed by atoms with van der Waals surface area (Å²) in [6.45, 7) is 12.2. The number of hydrogen-bond donors (Lipinski definition) is 4. The maximum absolute atomic E-state index is 12.3. The number of nitrogens with zero attached hydrogens (tertiary/aromatic N) is 9. The summed E-state index contributed by atoms with van der Waals surface area (Å²) in [6.07, 6.45) is 7.85. The average molecular weight is 1480 g/mol. The van der Waals surface area contributed by atoms with Gasteiger partial charge in [0.05, 0.1) is 37.8 Å². The Labute approximate surface area is 602 Å². The first-order chi connectivity index (χ1) is 49.1. The number of halogens is 2. The third-order valence-electron chi connectivity index (χ3n) is 15.4. The highest BCUT2D eigenvalue weighted by Gasteiger charge is 2.31. The molecular weight excluding hydrogens is 1400 g/mol. The number of ether oxygens (including phenoxy) is 5. The molecule has 0 radical (unpaired) electrons. The van der Waals surface area contributed by atoms with Gasteiger partial charge in [0.1, 0.15) is 83.5 Å². The van der Waals surface area contributed by atoms with E-state index >= 15 is 0 Å². The van der Waals surface area contributed by atoms with Crippen LogP contribution in [-0.2, 0) is 94.2 Å². The minimum atomic E-state index is -0.463. The van der Waals surface area contributed by atoms with Crippen molar-refractivity contribution >= 4 is 109 Å².